The lowest BCUT2D eigenvalue weighted by Crippen LogP contribution is -2.49. The Labute approximate surface area is 241 Å². The van der Waals surface area contributed by atoms with Gasteiger partial charge >= 0.3 is 0 Å². The van der Waals surface area contributed by atoms with Crippen molar-refractivity contribution in [1.29, 1.82) is 0 Å². The minimum atomic E-state index is -0.118. The lowest BCUT2D eigenvalue weighted by atomic mass is 9.94. The molecule has 0 bridgehead atoms. The van der Waals surface area contributed by atoms with Gasteiger partial charge in [0.05, 0.1) is 27.4 Å². The number of rotatable bonds is 14. The van der Waals surface area contributed by atoms with E-state index in [4.69, 9.17) is 14.2 Å². The molecule has 40 heavy (non-hydrogen) atoms. The quantitative estimate of drug-likeness (QED) is 0.251. The molecular weight excluding hydrogens is 524 g/mol. The number of nitrogens with zero attached hydrogens (tertiary/aromatic N) is 2. The van der Waals surface area contributed by atoms with E-state index in [1.807, 2.05) is 70.9 Å². The Bertz CT molecular complexity index is 1200. The second-order valence-corrected chi connectivity index (χ2v) is 11.2. The van der Waals surface area contributed by atoms with Gasteiger partial charge < -0.3 is 24.0 Å². The molecule has 0 saturated heterocycles. The maximum Gasteiger partial charge on any atom is 0.249 e. The molecule has 1 aliphatic rings. The van der Waals surface area contributed by atoms with Gasteiger partial charge in [-0.05, 0) is 54.0 Å². The summed E-state index contributed by atoms with van der Waals surface area (Å²) in [5.74, 6) is 1.18. The van der Waals surface area contributed by atoms with Crippen LogP contribution >= 0.6 is 11.3 Å². The van der Waals surface area contributed by atoms with Gasteiger partial charge in [0.2, 0.25) is 11.8 Å². The van der Waals surface area contributed by atoms with E-state index in [0.717, 1.165) is 41.7 Å². The number of methoxy groups -OCH3 is 2. The molecule has 214 valence electrons. The fraction of sp³-hybridized carbons (Fsp3) is 0.438. The van der Waals surface area contributed by atoms with Gasteiger partial charge in [-0.3, -0.25) is 9.59 Å². The average molecular weight is 565 g/mol. The standard InChI is InChI=1S/C32H40N2O5S/c1-37-29-16-15-25(20-30(29)38-2)17-18-33(21-28-14-9-19-40-28)31(35)22-34(27-12-7-4-8-13-27)32(36)24-39-23-26-10-5-3-6-11-26/h3,5-6,9-11,14-16,19-20,27H,4,7-8,12-13,17-18,21-24H2,1-2H3. The van der Waals surface area contributed by atoms with Crippen LogP contribution in [0, 0.1) is 0 Å². The first kappa shape index (κ1) is 29.6. The van der Waals surface area contributed by atoms with Crippen molar-refractivity contribution in [3.8, 4) is 11.5 Å². The van der Waals surface area contributed by atoms with Crippen LogP contribution in [0.1, 0.15) is 48.1 Å². The van der Waals surface area contributed by atoms with Crippen molar-refractivity contribution in [3.05, 3.63) is 82.0 Å². The Balaban J connectivity index is 1.44. The van der Waals surface area contributed by atoms with E-state index < -0.39 is 0 Å². The van der Waals surface area contributed by atoms with Crippen molar-refractivity contribution in [2.75, 3.05) is 33.9 Å². The van der Waals surface area contributed by atoms with E-state index in [1.54, 1.807) is 30.5 Å². The molecule has 0 radical (unpaired) electrons. The molecule has 3 aromatic rings. The molecular formula is C32H40N2O5S. The molecule has 7 nitrogen and oxygen atoms in total. The van der Waals surface area contributed by atoms with Gasteiger partial charge in [0.15, 0.2) is 11.5 Å². The van der Waals surface area contributed by atoms with Crippen LogP contribution < -0.4 is 9.47 Å². The van der Waals surface area contributed by atoms with Crippen molar-refractivity contribution in [3.63, 3.8) is 0 Å². The highest BCUT2D eigenvalue weighted by Gasteiger charge is 2.29. The van der Waals surface area contributed by atoms with Gasteiger partial charge in [-0.15, -0.1) is 11.3 Å². The number of hydrogen-bond donors (Lipinski definition) is 0. The number of carbonyl (C=O) groups is 2. The van der Waals surface area contributed by atoms with Crippen LogP contribution in [-0.4, -0.2) is 61.6 Å². The zero-order valence-corrected chi connectivity index (χ0v) is 24.4. The van der Waals surface area contributed by atoms with Crippen LogP contribution in [-0.2, 0) is 33.9 Å². The molecule has 0 atom stereocenters. The first-order valence-electron chi connectivity index (χ1n) is 14.0. The summed E-state index contributed by atoms with van der Waals surface area (Å²) >= 11 is 1.63. The van der Waals surface area contributed by atoms with E-state index >= 15 is 0 Å². The van der Waals surface area contributed by atoms with Crippen LogP contribution in [0.2, 0.25) is 0 Å². The fourth-order valence-corrected chi connectivity index (χ4v) is 5.87. The minimum absolute atomic E-state index is 0.0325. The summed E-state index contributed by atoms with van der Waals surface area (Å²) in [5, 5.41) is 2.02. The Kier molecular flexibility index (Phi) is 11.4. The van der Waals surface area contributed by atoms with Crippen molar-refractivity contribution in [2.24, 2.45) is 0 Å². The normalized spacial score (nSPS) is 13.6. The summed E-state index contributed by atoms with van der Waals surface area (Å²) in [7, 11) is 3.24. The van der Waals surface area contributed by atoms with E-state index in [9.17, 15) is 9.59 Å². The Hall–Kier alpha value is -3.36. The van der Waals surface area contributed by atoms with E-state index in [2.05, 4.69) is 0 Å². The monoisotopic (exact) mass is 564 g/mol. The van der Waals surface area contributed by atoms with E-state index in [1.165, 1.54) is 6.42 Å². The van der Waals surface area contributed by atoms with Gasteiger partial charge in [-0.1, -0.05) is 61.7 Å². The van der Waals surface area contributed by atoms with Gasteiger partial charge in [0.1, 0.15) is 13.2 Å². The summed E-state index contributed by atoms with van der Waals surface area (Å²) in [4.78, 5) is 32.0. The molecule has 1 saturated carbocycles. The molecule has 0 aliphatic heterocycles. The molecule has 0 unspecified atom stereocenters. The molecule has 1 fully saturated rings. The Morgan fingerprint density at radius 2 is 1.65 bits per heavy atom. The maximum atomic E-state index is 13.8. The van der Waals surface area contributed by atoms with Crippen molar-refractivity contribution >= 4 is 23.2 Å². The summed E-state index contributed by atoms with van der Waals surface area (Å²) in [6.45, 7) is 1.45. The predicted octanol–water partition coefficient (Wildman–Crippen LogP) is 5.71. The highest BCUT2D eigenvalue weighted by atomic mass is 32.1. The molecule has 8 heteroatoms. The molecule has 0 N–H and O–H groups in total. The molecule has 1 aromatic heterocycles. The summed E-state index contributed by atoms with van der Waals surface area (Å²) in [6, 6.07) is 19.8. The molecule has 0 spiro atoms. The van der Waals surface area contributed by atoms with Crippen LogP contribution in [0.4, 0.5) is 0 Å². The third-order valence-corrected chi connectivity index (χ3v) is 8.24. The van der Waals surface area contributed by atoms with Crippen molar-refractivity contribution in [2.45, 2.75) is 57.7 Å². The van der Waals surface area contributed by atoms with Gasteiger partial charge in [0, 0.05) is 17.5 Å². The lowest BCUT2D eigenvalue weighted by molar-refractivity contribution is -0.146. The summed E-state index contributed by atoms with van der Waals surface area (Å²) in [5.41, 5.74) is 2.07. The van der Waals surface area contributed by atoms with Crippen LogP contribution in [0.15, 0.2) is 66.0 Å². The second-order valence-electron chi connectivity index (χ2n) is 10.1. The number of ether oxygens (including phenoxy) is 3. The molecule has 2 amide bonds. The van der Waals surface area contributed by atoms with Crippen molar-refractivity contribution in [1.82, 2.24) is 9.80 Å². The largest absolute Gasteiger partial charge is 0.493 e. The molecule has 1 aliphatic carbocycles. The fourth-order valence-electron chi connectivity index (χ4n) is 5.16. The smallest absolute Gasteiger partial charge is 0.249 e. The first-order valence-corrected chi connectivity index (χ1v) is 14.9. The number of amides is 2. The van der Waals surface area contributed by atoms with Gasteiger partial charge in [0.25, 0.3) is 0 Å². The van der Waals surface area contributed by atoms with Gasteiger partial charge in [-0.2, -0.15) is 0 Å². The topological polar surface area (TPSA) is 68.3 Å². The second kappa shape index (κ2) is 15.4. The average Bonchev–Trinajstić information content (AvgIpc) is 3.52. The number of carbonyl (C=O) groups excluding carboxylic acids is 2. The van der Waals surface area contributed by atoms with E-state index in [-0.39, 0.29) is 31.0 Å². The number of thiophene rings is 1. The third kappa shape index (κ3) is 8.57. The molecule has 1 heterocycles. The zero-order chi connectivity index (χ0) is 28.2. The minimum Gasteiger partial charge on any atom is -0.493 e. The highest BCUT2D eigenvalue weighted by Crippen LogP contribution is 2.28. The SMILES string of the molecule is COc1ccc(CCN(Cc2cccs2)C(=O)CN(C(=O)COCc2ccccc2)C2CCCCC2)cc1OC. The van der Waals surface area contributed by atoms with Gasteiger partial charge in [-0.25, -0.2) is 0 Å². The van der Waals surface area contributed by atoms with Crippen LogP contribution in [0.3, 0.4) is 0 Å². The summed E-state index contributed by atoms with van der Waals surface area (Å²) in [6.07, 6.45) is 5.84. The van der Waals surface area contributed by atoms with E-state index in [0.29, 0.717) is 37.6 Å². The van der Waals surface area contributed by atoms with Crippen LogP contribution in [0.5, 0.6) is 11.5 Å². The molecule has 4 rings (SSSR count). The predicted molar refractivity (Wildman–Crippen MR) is 158 cm³/mol. The lowest BCUT2D eigenvalue weighted by Gasteiger charge is -2.35. The summed E-state index contributed by atoms with van der Waals surface area (Å²) < 4.78 is 16.6. The third-order valence-electron chi connectivity index (χ3n) is 7.38. The zero-order valence-electron chi connectivity index (χ0n) is 23.6. The highest BCUT2D eigenvalue weighted by molar-refractivity contribution is 7.09. The number of hydrogen-bond acceptors (Lipinski definition) is 6. The van der Waals surface area contributed by atoms with Crippen LogP contribution in [0.25, 0.3) is 0 Å². The first-order chi connectivity index (χ1) is 19.6. The maximum absolute atomic E-state index is 13.8. The Morgan fingerprint density at radius 1 is 0.875 bits per heavy atom. The molecule has 2 aromatic carbocycles. The Morgan fingerprint density at radius 3 is 2.35 bits per heavy atom. The van der Waals surface area contributed by atoms with Crippen molar-refractivity contribution < 1.29 is 23.8 Å². The number of benzene rings is 2.